The third-order valence-corrected chi connectivity index (χ3v) is 4.31. The van der Waals surface area contributed by atoms with Crippen molar-refractivity contribution in [1.29, 1.82) is 0 Å². The summed E-state index contributed by atoms with van der Waals surface area (Å²) in [6, 6.07) is 17.2. The number of nitrogens with one attached hydrogen (secondary N) is 1. The Morgan fingerprint density at radius 2 is 1.88 bits per heavy atom. The van der Waals surface area contributed by atoms with Crippen LogP contribution < -0.4 is 15.0 Å². The van der Waals surface area contributed by atoms with Crippen LogP contribution in [0, 0.1) is 12.8 Å². The van der Waals surface area contributed by atoms with Crippen LogP contribution in [0.5, 0.6) is 5.75 Å². The highest BCUT2D eigenvalue weighted by Gasteiger charge is 2.30. The summed E-state index contributed by atoms with van der Waals surface area (Å²) in [5.41, 5.74) is 1.90. The van der Waals surface area contributed by atoms with Gasteiger partial charge >= 0.3 is 0 Å². The van der Waals surface area contributed by atoms with Gasteiger partial charge in [-0.3, -0.25) is 9.59 Å². The summed E-state index contributed by atoms with van der Waals surface area (Å²) in [5.74, 6) is 0.759. The first-order valence-corrected chi connectivity index (χ1v) is 8.44. The van der Waals surface area contributed by atoms with Crippen molar-refractivity contribution in [1.82, 2.24) is 5.32 Å². The highest BCUT2D eigenvalue weighted by atomic mass is 16.5. The molecule has 0 radical (unpaired) electrons. The number of aryl methyl sites for hydroxylation is 1. The molecule has 1 fully saturated rings. The lowest BCUT2D eigenvalue weighted by Crippen LogP contribution is -2.34. The molecule has 0 unspecified atom stereocenters. The Morgan fingerprint density at radius 1 is 1.16 bits per heavy atom. The molecular weight excluding hydrogens is 316 g/mol. The van der Waals surface area contributed by atoms with Crippen molar-refractivity contribution in [3.05, 3.63) is 60.2 Å². The first-order chi connectivity index (χ1) is 12.1. The van der Waals surface area contributed by atoms with E-state index in [9.17, 15) is 9.59 Å². The molecule has 1 N–H and O–H groups in total. The summed E-state index contributed by atoms with van der Waals surface area (Å²) in [7, 11) is 0. The number of ether oxygens (including phenoxy) is 1. The zero-order valence-electron chi connectivity index (χ0n) is 14.3. The van der Waals surface area contributed by atoms with Gasteiger partial charge in [0.2, 0.25) is 5.91 Å². The fourth-order valence-electron chi connectivity index (χ4n) is 2.95. The molecule has 25 heavy (non-hydrogen) atoms. The van der Waals surface area contributed by atoms with Crippen molar-refractivity contribution in [2.24, 2.45) is 5.92 Å². The van der Waals surface area contributed by atoms with Crippen LogP contribution in [0.25, 0.3) is 0 Å². The maximum Gasteiger partial charge on any atom is 0.257 e. The lowest BCUT2D eigenvalue weighted by Gasteiger charge is -2.17. The van der Waals surface area contributed by atoms with Gasteiger partial charge in [0.15, 0.2) is 6.61 Å². The van der Waals surface area contributed by atoms with Gasteiger partial charge in [-0.25, -0.2) is 0 Å². The second-order valence-electron chi connectivity index (χ2n) is 6.27. The summed E-state index contributed by atoms with van der Waals surface area (Å²) in [6.07, 6.45) is 0.452. The SMILES string of the molecule is Cc1ccccc1OCC(=O)NC[C@H]1CC(=O)N(c2ccccc2)C1. The molecule has 1 atom stereocenters. The molecule has 0 bridgehead atoms. The Labute approximate surface area is 147 Å². The smallest absolute Gasteiger partial charge is 0.257 e. The van der Waals surface area contributed by atoms with Crippen LogP contribution in [0.15, 0.2) is 54.6 Å². The minimum atomic E-state index is -0.172. The van der Waals surface area contributed by atoms with Gasteiger partial charge in [-0.05, 0) is 30.7 Å². The van der Waals surface area contributed by atoms with E-state index in [2.05, 4.69) is 5.32 Å². The fourth-order valence-corrected chi connectivity index (χ4v) is 2.95. The number of rotatable bonds is 6. The predicted octanol–water partition coefficient (Wildman–Crippen LogP) is 2.54. The fraction of sp³-hybridized carbons (Fsp3) is 0.300. The average Bonchev–Trinajstić information content (AvgIpc) is 3.01. The standard InChI is InChI=1S/C20H22N2O3/c1-15-7-5-6-10-18(15)25-14-19(23)21-12-16-11-20(24)22(13-16)17-8-3-2-4-9-17/h2-10,16H,11-14H2,1H3,(H,21,23)/t16-/m1/s1. The van der Waals surface area contributed by atoms with Gasteiger partial charge in [-0.2, -0.15) is 0 Å². The van der Waals surface area contributed by atoms with Crippen LogP contribution in [0.3, 0.4) is 0 Å². The van der Waals surface area contributed by atoms with Gasteiger partial charge < -0.3 is 15.0 Å². The molecular formula is C20H22N2O3. The maximum absolute atomic E-state index is 12.2. The maximum atomic E-state index is 12.2. The molecule has 2 amide bonds. The molecule has 1 heterocycles. The minimum Gasteiger partial charge on any atom is -0.484 e. The first kappa shape index (κ1) is 17.0. The molecule has 0 spiro atoms. The normalized spacial score (nSPS) is 16.8. The zero-order chi connectivity index (χ0) is 17.6. The van der Waals surface area contributed by atoms with Crippen molar-refractivity contribution in [2.75, 3.05) is 24.6 Å². The number of para-hydroxylation sites is 2. The second kappa shape index (κ2) is 7.83. The van der Waals surface area contributed by atoms with Gasteiger partial charge in [-0.15, -0.1) is 0 Å². The Hall–Kier alpha value is -2.82. The van der Waals surface area contributed by atoms with E-state index in [1.165, 1.54) is 0 Å². The van der Waals surface area contributed by atoms with E-state index in [1.807, 2.05) is 61.5 Å². The number of amides is 2. The number of anilines is 1. The Morgan fingerprint density at radius 3 is 2.64 bits per heavy atom. The summed E-state index contributed by atoms with van der Waals surface area (Å²) >= 11 is 0. The van der Waals surface area contributed by atoms with E-state index in [0.29, 0.717) is 25.3 Å². The molecule has 0 aromatic heterocycles. The Kier molecular flexibility index (Phi) is 5.33. The van der Waals surface area contributed by atoms with Crippen molar-refractivity contribution in [2.45, 2.75) is 13.3 Å². The van der Waals surface area contributed by atoms with Crippen molar-refractivity contribution >= 4 is 17.5 Å². The number of hydrogen-bond acceptors (Lipinski definition) is 3. The Bertz CT molecular complexity index is 746. The molecule has 1 aliphatic rings. The van der Waals surface area contributed by atoms with E-state index in [4.69, 9.17) is 4.74 Å². The van der Waals surface area contributed by atoms with Crippen molar-refractivity contribution < 1.29 is 14.3 Å². The summed E-state index contributed by atoms with van der Waals surface area (Å²) < 4.78 is 5.54. The van der Waals surface area contributed by atoms with Gasteiger partial charge in [0.25, 0.3) is 5.91 Å². The number of benzene rings is 2. The van der Waals surface area contributed by atoms with Gasteiger partial charge in [-0.1, -0.05) is 36.4 Å². The summed E-state index contributed by atoms with van der Waals surface area (Å²) in [4.78, 5) is 25.9. The van der Waals surface area contributed by atoms with Crippen LogP contribution in [0.4, 0.5) is 5.69 Å². The monoisotopic (exact) mass is 338 g/mol. The number of nitrogens with zero attached hydrogens (tertiary/aromatic N) is 1. The molecule has 2 aromatic carbocycles. The van der Waals surface area contributed by atoms with Gasteiger partial charge in [0, 0.05) is 31.1 Å². The zero-order valence-corrected chi connectivity index (χ0v) is 14.3. The van der Waals surface area contributed by atoms with Gasteiger partial charge in [0.1, 0.15) is 5.75 Å². The van der Waals surface area contributed by atoms with Crippen LogP contribution >= 0.6 is 0 Å². The van der Waals surface area contributed by atoms with E-state index < -0.39 is 0 Å². The van der Waals surface area contributed by atoms with E-state index in [-0.39, 0.29) is 24.3 Å². The third kappa shape index (κ3) is 4.38. The minimum absolute atomic E-state index is 0.0199. The molecule has 0 saturated carbocycles. The van der Waals surface area contributed by atoms with Crippen LogP contribution in [-0.2, 0) is 9.59 Å². The number of hydrogen-bond donors (Lipinski definition) is 1. The Balaban J connectivity index is 1.45. The molecule has 130 valence electrons. The molecule has 5 nitrogen and oxygen atoms in total. The third-order valence-electron chi connectivity index (χ3n) is 4.31. The molecule has 2 aromatic rings. The number of carbonyl (C=O) groups excluding carboxylic acids is 2. The largest absolute Gasteiger partial charge is 0.484 e. The van der Waals surface area contributed by atoms with E-state index in [1.54, 1.807) is 4.90 Å². The highest BCUT2D eigenvalue weighted by molar-refractivity contribution is 5.95. The summed E-state index contributed by atoms with van der Waals surface area (Å²) in [5, 5.41) is 2.86. The molecule has 3 rings (SSSR count). The predicted molar refractivity (Wildman–Crippen MR) is 96.6 cm³/mol. The van der Waals surface area contributed by atoms with Crippen molar-refractivity contribution in [3.63, 3.8) is 0 Å². The lowest BCUT2D eigenvalue weighted by atomic mass is 10.1. The van der Waals surface area contributed by atoms with Crippen LogP contribution in [0.2, 0.25) is 0 Å². The van der Waals surface area contributed by atoms with Crippen LogP contribution in [0.1, 0.15) is 12.0 Å². The quantitative estimate of drug-likeness (QED) is 0.880. The first-order valence-electron chi connectivity index (χ1n) is 8.44. The lowest BCUT2D eigenvalue weighted by molar-refractivity contribution is -0.123. The van der Waals surface area contributed by atoms with E-state index in [0.717, 1.165) is 11.3 Å². The van der Waals surface area contributed by atoms with E-state index >= 15 is 0 Å². The topological polar surface area (TPSA) is 58.6 Å². The second-order valence-corrected chi connectivity index (χ2v) is 6.27. The number of carbonyl (C=O) groups is 2. The van der Waals surface area contributed by atoms with Crippen molar-refractivity contribution in [3.8, 4) is 5.75 Å². The average molecular weight is 338 g/mol. The van der Waals surface area contributed by atoms with Crippen LogP contribution in [-0.4, -0.2) is 31.5 Å². The molecule has 1 saturated heterocycles. The summed E-state index contributed by atoms with van der Waals surface area (Å²) in [6.45, 7) is 3.02. The molecule has 0 aliphatic carbocycles. The molecule has 5 heteroatoms. The van der Waals surface area contributed by atoms with Gasteiger partial charge in [0.05, 0.1) is 0 Å². The highest BCUT2D eigenvalue weighted by Crippen LogP contribution is 2.24. The molecule has 1 aliphatic heterocycles.